The van der Waals surface area contributed by atoms with E-state index in [1.165, 1.54) is 38.5 Å². The molecule has 0 aliphatic rings. The quantitative estimate of drug-likeness (QED) is 0.434. The van der Waals surface area contributed by atoms with Gasteiger partial charge in [0.2, 0.25) is 0 Å². The summed E-state index contributed by atoms with van der Waals surface area (Å²) in [5, 5.41) is 0. The third kappa shape index (κ3) is 8.34. The molecule has 2 heteroatoms. The fourth-order valence-corrected chi connectivity index (χ4v) is 17.0. The summed E-state index contributed by atoms with van der Waals surface area (Å²) in [6.45, 7) is 6.97. The van der Waals surface area contributed by atoms with Crippen LogP contribution >= 0.6 is 0 Å². The molecular formula is C15H31BSn. The van der Waals surface area contributed by atoms with Crippen LogP contribution in [-0.4, -0.2) is 26.2 Å². The van der Waals surface area contributed by atoms with E-state index in [9.17, 15) is 0 Å². The van der Waals surface area contributed by atoms with Gasteiger partial charge in [0.25, 0.3) is 0 Å². The van der Waals surface area contributed by atoms with Crippen molar-refractivity contribution in [2.24, 2.45) is 0 Å². The van der Waals surface area contributed by atoms with E-state index in [1.54, 1.807) is 13.3 Å². The first-order valence-corrected chi connectivity index (χ1v) is 15.3. The van der Waals surface area contributed by atoms with E-state index in [1.807, 2.05) is 0 Å². The van der Waals surface area contributed by atoms with Gasteiger partial charge in [-0.3, -0.25) is 0 Å². The zero-order valence-corrected chi connectivity index (χ0v) is 15.2. The van der Waals surface area contributed by atoms with Gasteiger partial charge in [0.1, 0.15) is 0 Å². The van der Waals surface area contributed by atoms with Crippen molar-refractivity contribution in [3.05, 3.63) is 10.2 Å². The van der Waals surface area contributed by atoms with Gasteiger partial charge in [-0.05, 0) is 0 Å². The molecule has 0 spiro atoms. The summed E-state index contributed by atoms with van der Waals surface area (Å²) in [7, 11) is 5.67. The van der Waals surface area contributed by atoms with Gasteiger partial charge >= 0.3 is 115 Å². The van der Waals surface area contributed by atoms with Gasteiger partial charge in [-0.2, -0.15) is 0 Å². The molecule has 0 nitrogen and oxygen atoms in total. The first-order chi connectivity index (χ1) is 8.24. The summed E-state index contributed by atoms with van der Waals surface area (Å²) < 4.78 is 7.32. The van der Waals surface area contributed by atoms with E-state index >= 15 is 0 Å². The molecule has 0 aromatic heterocycles. The van der Waals surface area contributed by atoms with Crippen LogP contribution in [0.4, 0.5) is 0 Å². The molecule has 0 N–H and O–H groups in total. The molecule has 0 amide bonds. The Labute approximate surface area is 115 Å². The predicted molar refractivity (Wildman–Crippen MR) is 84.6 cm³/mol. The molecule has 0 aromatic carbocycles. The minimum absolute atomic E-state index is 0.739. The first kappa shape index (κ1) is 17.6. The van der Waals surface area contributed by atoms with Crippen molar-refractivity contribution in [1.29, 1.82) is 0 Å². The molecule has 0 aliphatic carbocycles. The van der Waals surface area contributed by atoms with Crippen molar-refractivity contribution in [2.45, 2.75) is 78.9 Å². The number of allylic oxidation sites excluding steroid dienone is 1. The summed E-state index contributed by atoms with van der Waals surface area (Å²) in [5.74, 6) is 0. The van der Waals surface area contributed by atoms with E-state index in [0.29, 0.717) is 0 Å². The van der Waals surface area contributed by atoms with Crippen LogP contribution < -0.4 is 0 Å². The average Bonchev–Trinajstić information content (AvgIpc) is 2.37. The standard InChI is InChI=1S/3C4H9.C3H4B.Sn/c3*1-3-4-2;1-2-3-4;/h3*1,3-4H2,2H3;1-2H,3H2;. The van der Waals surface area contributed by atoms with Gasteiger partial charge in [0.05, 0.1) is 0 Å². The van der Waals surface area contributed by atoms with Gasteiger partial charge in [0.15, 0.2) is 0 Å². The molecule has 17 heavy (non-hydrogen) atoms. The molecule has 0 aliphatic heterocycles. The molecule has 0 saturated heterocycles. The van der Waals surface area contributed by atoms with Gasteiger partial charge in [-0.25, -0.2) is 0 Å². The third-order valence-corrected chi connectivity index (χ3v) is 17.9. The van der Waals surface area contributed by atoms with Crippen LogP contribution in [0.15, 0.2) is 10.2 Å². The predicted octanol–water partition coefficient (Wildman–Crippen LogP) is 5.52. The molecule has 0 rings (SSSR count). The second kappa shape index (κ2) is 11.7. The summed E-state index contributed by atoms with van der Waals surface area (Å²) in [6, 6.07) is 0. The van der Waals surface area contributed by atoms with Crippen molar-refractivity contribution in [3.63, 3.8) is 0 Å². The van der Waals surface area contributed by atoms with Crippen molar-refractivity contribution in [1.82, 2.24) is 0 Å². The second-order valence-electron chi connectivity index (χ2n) is 5.31. The van der Waals surface area contributed by atoms with E-state index in [-0.39, 0.29) is 0 Å². The first-order valence-electron chi connectivity index (χ1n) is 7.62. The monoisotopic (exact) mass is 342 g/mol. The van der Waals surface area contributed by atoms with Crippen molar-refractivity contribution in [3.8, 4) is 0 Å². The van der Waals surface area contributed by atoms with Crippen LogP contribution in [-0.2, 0) is 0 Å². The molecule has 0 unspecified atom stereocenters. The van der Waals surface area contributed by atoms with E-state index < -0.39 is 18.4 Å². The molecule has 0 aromatic rings. The zero-order chi connectivity index (χ0) is 13.0. The molecule has 2 radical (unpaired) electrons. The minimum atomic E-state index is -1.95. The molecule has 0 bridgehead atoms. The van der Waals surface area contributed by atoms with Crippen LogP contribution in [0.5, 0.6) is 0 Å². The van der Waals surface area contributed by atoms with Crippen molar-refractivity contribution < 1.29 is 0 Å². The van der Waals surface area contributed by atoms with Gasteiger partial charge < -0.3 is 0 Å². The Bertz CT molecular complexity index is 168. The molecule has 0 saturated carbocycles. The third-order valence-electron chi connectivity index (χ3n) is 3.69. The second-order valence-corrected chi connectivity index (χ2v) is 18.3. The van der Waals surface area contributed by atoms with Gasteiger partial charge in [0, 0.05) is 0 Å². The topological polar surface area (TPSA) is 0 Å². The summed E-state index contributed by atoms with van der Waals surface area (Å²) in [4.78, 5) is 0. The maximum absolute atomic E-state index is 5.67. The average molecular weight is 341 g/mol. The Morgan fingerprint density at radius 2 is 1.24 bits per heavy atom. The summed E-state index contributed by atoms with van der Waals surface area (Å²) in [6.07, 6.45) is 11.4. The molecule has 0 heterocycles. The number of hydrogen-bond acceptors (Lipinski definition) is 0. The Morgan fingerprint density at radius 3 is 1.53 bits per heavy atom. The van der Waals surface area contributed by atoms with E-state index in [0.717, 1.165) is 6.32 Å². The Kier molecular flexibility index (Phi) is 12.1. The van der Waals surface area contributed by atoms with Gasteiger partial charge in [-0.15, -0.1) is 0 Å². The summed E-state index contributed by atoms with van der Waals surface area (Å²) in [5.41, 5.74) is 0. The summed E-state index contributed by atoms with van der Waals surface area (Å²) >= 11 is -1.95. The van der Waals surface area contributed by atoms with Crippen LogP contribution in [0.3, 0.4) is 0 Å². The number of hydrogen-bond donors (Lipinski definition) is 0. The fraction of sp³-hybridized carbons (Fsp3) is 0.867. The zero-order valence-electron chi connectivity index (χ0n) is 12.3. The Balaban J connectivity index is 4.57. The molecule has 0 fully saturated rings. The van der Waals surface area contributed by atoms with E-state index in [4.69, 9.17) is 7.85 Å². The van der Waals surface area contributed by atoms with Crippen molar-refractivity contribution >= 4 is 26.2 Å². The van der Waals surface area contributed by atoms with Crippen LogP contribution in [0.1, 0.15) is 59.3 Å². The van der Waals surface area contributed by atoms with Crippen LogP contribution in [0, 0.1) is 0 Å². The van der Waals surface area contributed by atoms with Crippen LogP contribution in [0.2, 0.25) is 19.6 Å². The SMILES string of the molecule is [B]C/C=[CH]\[Sn]([CH2]CCC)([CH2]CCC)[CH2]CCC. The fourth-order valence-electron chi connectivity index (χ4n) is 2.53. The van der Waals surface area contributed by atoms with Crippen LogP contribution in [0.25, 0.3) is 0 Å². The Hall–Kier alpha value is 0.604. The normalized spacial score (nSPS) is 12.4. The van der Waals surface area contributed by atoms with Gasteiger partial charge in [-0.1, -0.05) is 0 Å². The maximum atomic E-state index is 5.67. The van der Waals surface area contributed by atoms with E-state index in [2.05, 4.69) is 30.9 Å². The number of unbranched alkanes of at least 4 members (excludes halogenated alkanes) is 3. The molecular weight excluding hydrogens is 310 g/mol. The van der Waals surface area contributed by atoms with Crippen molar-refractivity contribution in [2.75, 3.05) is 0 Å². The number of rotatable bonds is 11. The molecule has 98 valence electrons. The Morgan fingerprint density at radius 1 is 0.824 bits per heavy atom. The molecule has 0 atom stereocenters.